The van der Waals surface area contributed by atoms with Crippen molar-refractivity contribution in [3.8, 4) is 0 Å². The molecule has 0 amide bonds. The van der Waals surface area contributed by atoms with Gasteiger partial charge in [0, 0.05) is 25.6 Å². The van der Waals surface area contributed by atoms with Crippen LogP contribution in [0.5, 0.6) is 0 Å². The van der Waals surface area contributed by atoms with E-state index in [0.29, 0.717) is 19.5 Å². The van der Waals surface area contributed by atoms with Crippen molar-refractivity contribution in [1.82, 2.24) is 4.98 Å². The molecular formula is C10H14F2N4. The Morgan fingerprint density at radius 3 is 2.75 bits per heavy atom. The lowest BCUT2D eigenvalue weighted by Crippen LogP contribution is -2.29. The first kappa shape index (κ1) is 12.4. The van der Waals surface area contributed by atoms with E-state index in [9.17, 15) is 8.78 Å². The lowest BCUT2D eigenvalue weighted by Gasteiger charge is -2.21. The van der Waals surface area contributed by atoms with Gasteiger partial charge >= 0.3 is 0 Å². The topological polar surface area (TPSA) is 66.0 Å². The maximum Gasteiger partial charge on any atom is 0.168 e. The van der Waals surface area contributed by atoms with Gasteiger partial charge in [0.05, 0.1) is 12.0 Å². The number of hydrogen-bond acceptors (Lipinski definition) is 3. The second-order valence-electron chi connectivity index (χ2n) is 3.31. The minimum absolute atomic E-state index is 0.0287. The molecule has 88 valence electrons. The molecule has 0 aliphatic rings. The fraction of sp³-hybridized carbons (Fsp3) is 0.400. The average Bonchev–Trinajstić information content (AvgIpc) is 2.21. The Kier molecular flexibility index (Phi) is 4.16. The molecule has 6 heteroatoms. The Balaban J connectivity index is 2.82. The molecule has 0 aliphatic heterocycles. The number of aromatic nitrogens is 1. The van der Waals surface area contributed by atoms with Gasteiger partial charge < -0.3 is 10.6 Å². The van der Waals surface area contributed by atoms with Crippen molar-refractivity contribution < 1.29 is 8.78 Å². The van der Waals surface area contributed by atoms with E-state index in [-0.39, 0.29) is 11.7 Å². The van der Waals surface area contributed by atoms with Crippen LogP contribution in [0.4, 0.5) is 14.6 Å². The second kappa shape index (κ2) is 5.39. The Hall–Kier alpha value is -1.72. The van der Waals surface area contributed by atoms with E-state index in [0.717, 1.165) is 12.3 Å². The number of nitrogens with one attached hydrogen (secondary N) is 1. The summed E-state index contributed by atoms with van der Waals surface area (Å²) in [5.41, 5.74) is 5.22. The predicted molar refractivity (Wildman–Crippen MR) is 58.6 cm³/mol. The normalized spacial score (nSPS) is 10.2. The molecule has 0 aromatic carbocycles. The summed E-state index contributed by atoms with van der Waals surface area (Å²) in [7, 11) is 0. The summed E-state index contributed by atoms with van der Waals surface area (Å²) in [5, 5.41) is 7.09. The third-order valence-electron chi connectivity index (χ3n) is 2.12. The number of nitrogens with zero attached hydrogens (tertiary/aromatic N) is 2. The molecule has 0 atom stereocenters. The van der Waals surface area contributed by atoms with Gasteiger partial charge in [-0.15, -0.1) is 0 Å². The highest BCUT2D eigenvalue weighted by Crippen LogP contribution is 2.16. The van der Waals surface area contributed by atoms with Crippen molar-refractivity contribution in [3.63, 3.8) is 0 Å². The molecule has 1 heterocycles. The van der Waals surface area contributed by atoms with E-state index >= 15 is 0 Å². The van der Waals surface area contributed by atoms with Crippen LogP contribution in [-0.2, 0) is 0 Å². The first-order valence-electron chi connectivity index (χ1n) is 4.93. The molecule has 1 aromatic rings. The minimum atomic E-state index is -0.705. The zero-order chi connectivity index (χ0) is 12.1. The summed E-state index contributed by atoms with van der Waals surface area (Å²) in [5.74, 6) is -1.29. The zero-order valence-electron chi connectivity index (χ0n) is 9.00. The highest BCUT2D eigenvalue weighted by atomic mass is 19.1. The largest absolute Gasteiger partial charge is 0.388 e. The van der Waals surface area contributed by atoms with Crippen molar-refractivity contribution in [3.05, 3.63) is 23.9 Å². The first-order chi connectivity index (χ1) is 7.54. The standard InChI is InChI=1S/C10H14F2N4/c1-2-16(4-3-9(13)14)10-8(12)5-7(11)6-15-10/h5-6H,2-4H2,1H3,(H3,13,14). The lowest BCUT2D eigenvalue weighted by atomic mass is 10.3. The fourth-order valence-corrected chi connectivity index (χ4v) is 1.31. The summed E-state index contributed by atoms with van der Waals surface area (Å²) in [6.07, 6.45) is 1.29. The second-order valence-corrected chi connectivity index (χ2v) is 3.31. The van der Waals surface area contributed by atoms with Gasteiger partial charge in [-0.25, -0.2) is 13.8 Å². The minimum Gasteiger partial charge on any atom is -0.388 e. The van der Waals surface area contributed by atoms with E-state index in [1.807, 2.05) is 6.92 Å². The molecule has 0 radical (unpaired) electrons. The molecule has 16 heavy (non-hydrogen) atoms. The predicted octanol–water partition coefficient (Wildman–Crippen LogP) is 1.51. The molecule has 0 spiro atoms. The molecule has 4 nitrogen and oxygen atoms in total. The number of halogens is 2. The van der Waals surface area contributed by atoms with Crippen LogP contribution in [0, 0.1) is 17.0 Å². The SMILES string of the molecule is CCN(CCC(=N)N)c1ncc(F)cc1F. The summed E-state index contributed by atoms with van der Waals surface area (Å²) < 4.78 is 26.0. The summed E-state index contributed by atoms with van der Waals surface area (Å²) in [6.45, 7) is 2.73. The van der Waals surface area contributed by atoms with Crippen molar-refractivity contribution in [2.45, 2.75) is 13.3 Å². The molecule has 0 saturated carbocycles. The number of pyridine rings is 1. The molecule has 0 fully saturated rings. The average molecular weight is 228 g/mol. The van der Waals surface area contributed by atoms with E-state index in [4.69, 9.17) is 11.1 Å². The Labute approximate surface area is 92.6 Å². The Morgan fingerprint density at radius 1 is 1.56 bits per heavy atom. The van der Waals surface area contributed by atoms with Crippen LogP contribution in [0.25, 0.3) is 0 Å². The van der Waals surface area contributed by atoms with Gasteiger partial charge in [-0.1, -0.05) is 0 Å². The monoisotopic (exact) mass is 228 g/mol. The van der Waals surface area contributed by atoms with Gasteiger partial charge in [-0.05, 0) is 6.92 Å². The molecule has 1 aromatic heterocycles. The van der Waals surface area contributed by atoms with Crippen LogP contribution in [-0.4, -0.2) is 23.9 Å². The lowest BCUT2D eigenvalue weighted by molar-refractivity contribution is 0.567. The number of amidine groups is 1. The van der Waals surface area contributed by atoms with E-state index < -0.39 is 11.6 Å². The third-order valence-corrected chi connectivity index (χ3v) is 2.12. The molecular weight excluding hydrogens is 214 g/mol. The quantitative estimate of drug-likeness (QED) is 0.593. The highest BCUT2D eigenvalue weighted by molar-refractivity contribution is 5.77. The van der Waals surface area contributed by atoms with Gasteiger partial charge in [0.1, 0.15) is 5.82 Å². The number of hydrogen-bond donors (Lipinski definition) is 2. The summed E-state index contributed by atoms with van der Waals surface area (Å²) in [6, 6.07) is 0.790. The smallest absolute Gasteiger partial charge is 0.168 e. The number of rotatable bonds is 5. The molecule has 1 rings (SSSR count). The van der Waals surface area contributed by atoms with Crippen molar-refractivity contribution in [1.29, 1.82) is 5.41 Å². The van der Waals surface area contributed by atoms with Gasteiger partial charge in [-0.2, -0.15) is 0 Å². The Bertz CT molecular complexity index is 381. The van der Waals surface area contributed by atoms with Crippen LogP contribution in [0.2, 0.25) is 0 Å². The molecule has 0 unspecified atom stereocenters. The molecule has 0 aliphatic carbocycles. The third kappa shape index (κ3) is 3.15. The fourth-order valence-electron chi connectivity index (χ4n) is 1.31. The van der Waals surface area contributed by atoms with Gasteiger partial charge in [-0.3, -0.25) is 5.41 Å². The van der Waals surface area contributed by atoms with Crippen LogP contribution in [0.15, 0.2) is 12.3 Å². The maximum absolute atomic E-state index is 13.4. The maximum atomic E-state index is 13.4. The van der Waals surface area contributed by atoms with Gasteiger partial charge in [0.15, 0.2) is 11.6 Å². The van der Waals surface area contributed by atoms with E-state index in [1.54, 1.807) is 4.90 Å². The van der Waals surface area contributed by atoms with Crippen LogP contribution in [0.3, 0.4) is 0 Å². The van der Waals surface area contributed by atoms with Crippen LogP contribution < -0.4 is 10.6 Å². The van der Waals surface area contributed by atoms with Gasteiger partial charge in [0.2, 0.25) is 0 Å². The Morgan fingerprint density at radius 2 is 2.25 bits per heavy atom. The highest BCUT2D eigenvalue weighted by Gasteiger charge is 2.12. The van der Waals surface area contributed by atoms with E-state index in [2.05, 4.69) is 4.98 Å². The zero-order valence-corrected chi connectivity index (χ0v) is 9.00. The number of nitrogens with two attached hydrogens (primary N) is 1. The molecule has 0 bridgehead atoms. The number of anilines is 1. The van der Waals surface area contributed by atoms with Crippen molar-refractivity contribution in [2.24, 2.45) is 5.73 Å². The van der Waals surface area contributed by atoms with Crippen LogP contribution >= 0.6 is 0 Å². The molecule has 0 saturated heterocycles. The van der Waals surface area contributed by atoms with E-state index in [1.165, 1.54) is 0 Å². The summed E-state index contributed by atoms with van der Waals surface area (Å²) in [4.78, 5) is 5.30. The van der Waals surface area contributed by atoms with Gasteiger partial charge in [0.25, 0.3) is 0 Å². The first-order valence-corrected chi connectivity index (χ1v) is 4.93. The van der Waals surface area contributed by atoms with Crippen molar-refractivity contribution in [2.75, 3.05) is 18.0 Å². The summed E-state index contributed by atoms with van der Waals surface area (Å²) >= 11 is 0. The van der Waals surface area contributed by atoms with Crippen LogP contribution in [0.1, 0.15) is 13.3 Å². The molecule has 3 N–H and O–H groups in total. The van der Waals surface area contributed by atoms with Crippen molar-refractivity contribution >= 4 is 11.7 Å².